The number of aryl methyl sites for hydroxylation is 1. The number of imidazole rings is 1. The number of halogens is 4. The molecular formula is C12H13ClF3N3. The highest BCUT2D eigenvalue weighted by Crippen LogP contribution is 2.30. The van der Waals surface area contributed by atoms with E-state index in [1.807, 2.05) is 0 Å². The van der Waals surface area contributed by atoms with Crippen LogP contribution < -0.4 is 0 Å². The maximum Gasteiger partial charge on any atom is 0.391 e. The molecule has 0 aliphatic carbocycles. The van der Waals surface area contributed by atoms with E-state index in [4.69, 9.17) is 11.6 Å². The molecule has 0 aliphatic heterocycles. The molecule has 0 amide bonds. The van der Waals surface area contributed by atoms with E-state index < -0.39 is 18.6 Å². The number of fused-ring (bicyclic) bond motifs is 1. The van der Waals surface area contributed by atoms with Crippen molar-refractivity contribution in [3.05, 3.63) is 24.3 Å². The standard InChI is InChI=1S/C12H13ClF3N3/c1-8(6-12(14,15)16)19-10-3-5-17-7-9(10)18-11(19)2-4-13/h3,5,7-8H,2,4,6H2,1H3. The Morgan fingerprint density at radius 2 is 2.16 bits per heavy atom. The van der Waals surface area contributed by atoms with Gasteiger partial charge in [0.2, 0.25) is 0 Å². The van der Waals surface area contributed by atoms with E-state index >= 15 is 0 Å². The number of hydrogen-bond acceptors (Lipinski definition) is 2. The van der Waals surface area contributed by atoms with E-state index in [2.05, 4.69) is 9.97 Å². The van der Waals surface area contributed by atoms with Crippen LogP contribution in [0.25, 0.3) is 11.0 Å². The molecule has 0 saturated carbocycles. The maximum atomic E-state index is 12.5. The summed E-state index contributed by atoms with van der Waals surface area (Å²) >= 11 is 5.68. The highest BCUT2D eigenvalue weighted by atomic mass is 35.5. The fourth-order valence-electron chi connectivity index (χ4n) is 2.18. The van der Waals surface area contributed by atoms with E-state index in [0.717, 1.165) is 0 Å². The van der Waals surface area contributed by atoms with E-state index in [-0.39, 0.29) is 0 Å². The molecule has 2 rings (SSSR count). The van der Waals surface area contributed by atoms with E-state index in [0.29, 0.717) is 29.2 Å². The summed E-state index contributed by atoms with van der Waals surface area (Å²) in [5.41, 5.74) is 1.25. The van der Waals surface area contributed by atoms with Crippen LogP contribution in [0, 0.1) is 0 Å². The van der Waals surface area contributed by atoms with Crippen LogP contribution in [0.5, 0.6) is 0 Å². The van der Waals surface area contributed by atoms with Crippen LogP contribution in [0.15, 0.2) is 18.5 Å². The van der Waals surface area contributed by atoms with Gasteiger partial charge in [0.1, 0.15) is 11.3 Å². The molecule has 0 radical (unpaired) electrons. The molecule has 0 N–H and O–H groups in total. The number of rotatable bonds is 4. The average molecular weight is 292 g/mol. The van der Waals surface area contributed by atoms with Crippen molar-refractivity contribution in [3.63, 3.8) is 0 Å². The molecule has 2 heterocycles. The Morgan fingerprint density at radius 3 is 2.79 bits per heavy atom. The molecule has 2 aromatic heterocycles. The van der Waals surface area contributed by atoms with E-state index in [1.54, 1.807) is 23.0 Å². The lowest BCUT2D eigenvalue weighted by atomic mass is 10.2. The number of nitrogens with zero attached hydrogens (tertiary/aromatic N) is 3. The Balaban J connectivity index is 2.46. The maximum absolute atomic E-state index is 12.5. The molecule has 1 atom stereocenters. The molecule has 1 unspecified atom stereocenters. The Labute approximate surface area is 113 Å². The van der Waals surface area contributed by atoms with Crippen molar-refractivity contribution in [3.8, 4) is 0 Å². The predicted octanol–water partition coefficient (Wildman–Crippen LogP) is 3.73. The zero-order valence-corrected chi connectivity index (χ0v) is 11.0. The Morgan fingerprint density at radius 1 is 1.42 bits per heavy atom. The van der Waals surface area contributed by atoms with Gasteiger partial charge < -0.3 is 4.57 Å². The first kappa shape index (κ1) is 14.1. The smallest absolute Gasteiger partial charge is 0.325 e. The van der Waals surface area contributed by atoms with Gasteiger partial charge in [0, 0.05) is 24.5 Å². The molecule has 0 aromatic carbocycles. The van der Waals surface area contributed by atoms with Crippen LogP contribution in [0.3, 0.4) is 0 Å². The highest BCUT2D eigenvalue weighted by molar-refractivity contribution is 6.17. The van der Waals surface area contributed by atoms with Gasteiger partial charge in [0.25, 0.3) is 0 Å². The molecule has 104 valence electrons. The lowest BCUT2D eigenvalue weighted by Crippen LogP contribution is -2.18. The summed E-state index contributed by atoms with van der Waals surface area (Å²) in [6, 6.07) is 0.957. The van der Waals surface area contributed by atoms with Crippen molar-refractivity contribution < 1.29 is 13.2 Å². The normalized spacial score (nSPS) is 13.9. The minimum absolute atomic E-state index is 0.315. The van der Waals surface area contributed by atoms with Crippen molar-refractivity contribution in [2.45, 2.75) is 32.0 Å². The zero-order chi connectivity index (χ0) is 14.0. The van der Waals surface area contributed by atoms with Gasteiger partial charge in [-0.05, 0) is 13.0 Å². The van der Waals surface area contributed by atoms with E-state index in [1.165, 1.54) is 6.92 Å². The first-order chi connectivity index (χ1) is 8.92. The van der Waals surface area contributed by atoms with Gasteiger partial charge in [0.05, 0.1) is 18.1 Å². The molecule has 0 aliphatic rings. The van der Waals surface area contributed by atoms with Gasteiger partial charge in [0.15, 0.2) is 0 Å². The van der Waals surface area contributed by atoms with Crippen molar-refractivity contribution in [1.82, 2.24) is 14.5 Å². The first-order valence-corrected chi connectivity index (χ1v) is 6.39. The third-order valence-corrected chi connectivity index (χ3v) is 3.04. The summed E-state index contributed by atoms with van der Waals surface area (Å²) in [7, 11) is 0. The van der Waals surface area contributed by atoms with Gasteiger partial charge in [-0.25, -0.2) is 4.98 Å². The molecule has 19 heavy (non-hydrogen) atoms. The Hall–Kier alpha value is -1.30. The SMILES string of the molecule is CC(CC(F)(F)F)n1c(CCCl)nc2cnccc21. The molecule has 0 spiro atoms. The molecule has 0 fully saturated rings. The number of pyridine rings is 1. The van der Waals surface area contributed by atoms with Crippen LogP contribution >= 0.6 is 11.6 Å². The summed E-state index contributed by atoms with van der Waals surface area (Å²) in [6.07, 6.45) is -1.58. The van der Waals surface area contributed by atoms with Crippen LogP contribution in [0.4, 0.5) is 13.2 Å². The lowest BCUT2D eigenvalue weighted by Gasteiger charge is -2.19. The van der Waals surface area contributed by atoms with Crippen molar-refractivity contribution in [2.24, 2.45) is 0 Å². The van der Waals surface area contributed by atoms with Crippen molar-refractivity contribution in [1.29, 1.82) is 0 Å². The van der Waals surface area contributed by atoms with E-state index in [9.17, 15) is 13.2 Å². The van der Waals surface area contributed by atoms with Crippen LogP contribution in [0.2, 0.25) is 0 Å². The second-order valence-electron chi connectivity index (χ2n) is 4.37. The summed E-state index contributed by atoms with van der Waals surface area (Å²) < 4.78 is 39.2. The third-order valence-electron chi connectivity index (χ3n) is 2.85. The molecule has 7 heteroatoms. The number of hydrogen-bond donors (Lipinski definition) is 0. The monoisotopic (exact) mass is 291 g/mol. The highest BCUT2D eigenvalue weighted by Gasteiger charge is 2.32. The molecule has 2 aromatic rings. The minimum atomic E-state index is -4.21. The summed E-state index contributed by atoms with van der Waals surface area (Å²) in [4.78, 5) is 8.23. The fraction of sp³-hybridized carbons (Fsp3) is 0.500. The van der Waals surface area contributed by atoms with Crippen molar-refractivity contribution in [2.75, 3.05) is 5.88 Å². The molecule has 0 saturated heterocycles. The summed E-state index contributed by atoms with van der Waals surface area (Å²) in [5.74, 6) is 0.880. The molecule has 3 nitrogen and oxygen atoms in total. The summed E-state index contributed by atoms with van der Waals surface area (Å²) in [6.45, 7) is 1.53. The average Bonchev–Trinajstić information content (AvgIpc) is 2.65. The van der Waals surface area contributed by atoms with Crippen LogP contribution in [-0.4, -0.2) is 26.6 Å². The summed E-state index contributed by atoms with van der Waals surface area (Å²) in [5, 5.41) is 0. The van der Waals surface area contributed by atoms with Crippen LogP contribution in [0.1, 0.15) is 25.2 Å². The largest absolute Gasteiger partial charge is 0.391 e. The third kappa shape index (κ3) is 3.18. The number of alkyl halides is 4. The first-order valence-electron chi connectivity index (χ1n) is 5.86. The minimum Gasteiger partial charge on any atom is -0.325 e. The molecule has 0 bridgehead atoms. The fourth-order valence-corrected chi connectivity index (χ4v) is 2.35. The Bertz CT molecular complexity index is 565. The Kier molecular flexibility index (Phi) is 3.99. The van der Waals surface area contributed by atoms with Gasteiger partial charge in [-0.15, -0.1) is 11.6 Å². The van der Waals surface area contributed by atoms with Gasteiger partial charge in [-0.1, -0.05) is 0 Å². The lowest BCUT2D eigenvalue weighted by molar-refractivity contribution is -0.141. The van der Waals surface area contributed by atoms with Gasteiger partial charge >= 0.3 is 6.18 Å². The quantitative estimate of drug-likeness (QED) is 0.804. The van der Waals surface area contributed by atoms with Crippen LogP contribution in [-0.2, 0) is 6.42 Å². The second-order valence-corrected chi connectivity index (χ2v) is 4.75. The van der Waals surface area contributed by atoms with Crippen molar-refractivity contribution >= 4 is 22.6 Å². The topological polar surface area (TPSA) is 30.7 Å². The predicted molar refractivity (Wildman–Crippen MR) is 67.3 cm³/mol. The second kappa shape index (κ2) is 5.36. The molecular weight excluding hydrogens is 279 g/mol. The number of aromatic nitrogens is 3. The van der Waals surface area contributed by atoms with Gasteiger partial charge in [-0.2, -0.15) is 13.2 Å². The van der Waals surface area contributed by atoms with Gasteiger partial charge in [-0.3, -0.25) is 4.98 Å². The zero-order valence-electron chi connectivity index (χ0n) is 10.3.